The first-order valence-corrected chi connectivity index (χ1v) is 15.3. The molecule has 5 N–H and O–H groups in total. The van der Waals surface area contributed by atoms with Crippen LogP contribution in [0.25, 0.3) is 0 Å². The van der Waals surface area contributed by atoms with Crippen LogP contribution >= 0.6 is 11.8 Å². The first-order chi connectivity index (χ1) is 18.3. The number of nitrogens with zero attached hydrogens (tertiary/aromatic N) is 4. The molecule has 1 saturated heterocycles. The second kappa shape index (κ2) is 8.66. The number of nitrogens with two attached hydrogens (primary N) is 2. The smallest absolute Gasteiger partial charge is 0.158 e. The molecular weight excluding hydrogens is 514 g/mol. The Kier molecular flexibility index (Phi) is 5.55. The van der Waals surface area contributed by atoms with Crippen LogP contribution in [0.4, 0.5) is 17.5 Å². The summed E-state index contributed by atoms with van der Waals surface area (Å²) in [5, 5.41) is 0.699. The quantitative estimate of drug-likeness (QED) is 0.438. The number of anilines is 3. The molecular formula is C28H33N7OS2. The topological polar surface area (TPSA) is 123 Å². The Morgan fingerprint density at radius 2 is 1.87 bits per heavy atom. The summed E-state index contributed by atoms with van der Waals surface area (Å²) >= 11 is 1.52. The number of hydrogen-bond donors (Lipinski definition) is 3. The van der Waals surface area contributed by atoms with E-state index in [1.807, 2.05) is 12.3 Å². The zero-order valence-electron chi connectivity index (χ0n) is 21.7. The first kappa shape index (κ1) is 24.4. The highest BCUT2D eigenvalue weighted by Crippen LogP contribution is 2.57. The maximum Gasteiger partial charge on any atom is 0.158 e. The highest BCUT2D eigenvalue weighted by atomic mass is 32.2. The van der Waals surface area contributed by atoms with Gasteiger partial charge >= 0.3 is 0 Å². The van der Waals surface area contributed by atoms with E-state index in [4.69, 9.17) is 21.4 Å². The fourth-order valence-corrected chi connectivity index (χ4v) is 8.89. The van der Waals surface area contributed by atoms with E-state index in [0.29, 0.717) is 22.6 Å². The van der Waals surface area contributed by atoms with Gasteiger partial charge < -0.3 is 16.4 Å². The van der Waals surface area contributed by atoms with Gasteiger partial charge in [0, 0.05) is 29.7 Å². The molecule has 8 nitrogen and oxygen atoms in total. The SMILES string of the molecule is CC1(C)c2cccc3c2[C@@H](N[S@]1=O)C1(CCN(c2cnc(Sc4ccnc(N)c4C4CC4)c(N)n2)CC1)C3. The molecule has 0 amide bonds. The summed E-state index contributed by atoms with van der Waals surface area (Å²) in [7, 11) is -1.12. The predicted octanol–water partition coefficient (Wildman–Crippen LogP) is 4.45. The van der Waals surface area contributed by atoms with Crippen LogP contribution in [-0.2, 0) is 22.2 Å². The van der Waals surface area contributed by atoms with Gasteiger partial charge in [-0.25, -0.2) is 23.9 Å². The summed E-state index contributed by atoms with van der Waals surface area (Å²) in [6.07, 6.45) is 8.90. The number of fused-ring (bicyclic) bond motifs is 1. The van der Waals surface area contributed by atoms with Gasteiger partial charge in [0.15, 0.2) is 5.82 Å². The molecule has 0 radical (unpaired) electrons. The minimum absolute atomic E-state index is 0.0658. The molecule has 4 aliphatic rings. The van der Waals surface area contributed by atoms with Crippen molar-refractivity contribution in [1.29, 1.82) is 0 Å². The molecule has 4 heterocycles. The Hall–Kier alpha value is -2.69. The van der Waals surface area contributed by atoms with Crippen LogP contribution in [-0.4, -0.2) is 32.3 Å². The lowest BCUT2D eigenvalue weighted by atomic mass is 9.72. The fraction of sp³-hybridized carbons (Fsp3) is 0.464. The molecule has 2 atom stereocenters. The molecule has 1 aromatic carbocycles. The number of aromatic nitrogens is 3. The van der Waals surface area contributed by atoms with Crippen LogP contribution in [0.15, 0.2) is 46.6 Å². The second-order valence-electron chi connectivity index (χ2n) is 11.6. The van der Waals surface area contributed by atoms with Crippen LogP contribution in [0, 0.1) is 5.41 Å². The molecule has 10 heteroatoms. The van der Waals surface area contributed by atoms with Crippen LogP contribution in [0.5, 0.6) is 0 Å². The normalized spacial score (nSPS) is 24.9. The number of pyridine rings is 1. The summed E-state index contributed by atoms with van der Waals surface area (Å²) in [4.78, 5) is 17.1. The van der Waals surface area contributed by atoms with Crippen LogP contribution in [0.3, 0.4) is 0 Å². The number of rotatable bonds is 4. The van der Waals surface area contributed by atoms with Crippen molar-refractivity contribution in [1.82, 2.24) is 19.7 Å². The van der Waals surface area contributed by atoms with Crippen molar-refractivity contribution < 1.29 is 4.21 Å². The average molecular weight is 548 g/mol. The Morgan fingerprint density at radius 1 is 1.08 bits per heavy atom. The van der Waals surface area contributed by atoms with E-state index in [0.717, 1.165) is 61.5 Å². The lowest BCUT2D eigenvalue weighted by Crippen LogP contribution is -2.50. The number of hydrogen-bond acceptors (Lipinski definition) is 8. The zero-order chi connectivity index (χ0) is 26.2. The third kappa shape index (κ3) is 3.75. The van der Waals surface area contributed by atoms with Gasteiger partial charge in [-0.3, -0.25) is 0 Å². The van der Waals surface area contributed by atoms with Crippen molar-refractivity contribution in [2.75, 3.05) is 29.5 Å². The highest BCUT2D eigenvalue weighted by Gasteiger charge is 2.53. The summed E-state index contributed by atoms with van der Waals surface area (Å²) in [5.74, 6) is 2.34. The third-order valence-corrected chi connectivity index (χ3v) is 11.7. The summed E-state index contributed by atoms with van der Waals surface area (Å²) in [6, 6.07) is 8.69. The van der Waals surface area contributed by atoms with E-state index < -0.39 is 11.0 Å². The largest absolute Gasteiger partial charge is 0.383 e. The van der Waals surface area contributed by atoms with Crippen molar-refractivity contribution >= 4 is 40.2 Å². The molecule has 2 aliphatic heterocycles. The standard InChI is InChI=1S/C28H33N7OS2/c1-27(2)18-5-3-4-17-14-28(23(21(17)18)34-38(27)36)9-12-35(13-10-28)20-15-32-26(25(30)33-20)37-19-8-11-31-24(29)22(19)16-6-7-16/h3-5,8,11,15-16,23,34H,6-7,9-10,12-14H2,1-2H3,(H2,29,31)(H2,30,33)/t23-,38+/m1/s1. The minimum Gasteiger partial charge on any atom is -0.383 e. The van der Waals surface area contributed by atoms with E-state index >= 15 is 0 Å². The highest BCUT2D eigenvalue weighted by molar-refractivity contribution is 7.99. The molecule has 7 rings (SSSR count). The Bertz CT molecular complexity index is 1460. The first-order valence-electron chi connectivity index (χ1n) is 13.4. The van der Waals surface area contributed by atoms with Crippen molar-refractivity contribution in [3.8, 4) is 0 Å². The predicted molar refractivity (Wildman–Crippen MR) is 152 cm³/mol. The molecule has 38 heavy (non-hydrogen) atoms. The third-order valence-electron chi connectivity index (χ3n) is 8.98. The average Bonchev–Trinajstić information content (AvgIpc) is 3.69. The van der Waals surface area contributed by atoms with Crippen LogP contribution in [0.1, 0.15) is 73.7 Å². The Labute approximate surface area is 230 Å². The summed E-state index contributed by atoms with van der Waals surface area (Å²) in [5.41, 5.74) is 17.8. The van der Waals surface area contributed by atoms with E-state index in [-0.39, 0.29) is 16.2 Å². The maximum absolute atomic E-state index is 13.2. The van der Waals surface area contributed by atoms with Crippen LogP contribution < -0.4 is 21.1 Å². The van der Waals surface area contributed by atoms with Gasteiger partial charge in [0.2, 0.25) is 0 Å². The molecule has 3 aromatic rings. The van der Waals surface area contributed by atoms with Crippen LogP contribution in [0.2, 0.25) is 0 Å². The van der Waals surface area contributed by atoms with Gasteiger partial charge in [-0.1, -0.05) is 30.0 Å². The van der Waals surface area contributed by atoms with Gasteiger partial charge in [0.25, 0.3) is 0 Å². The van der Waals surface area contributed by atoms with Crippen molar-refractivity contribution in [3.05, 3.63) is 58.9 Å². The monoisotopic (exact) mass is 547 g/mol. The number of benzene rings is 1. The molecule has 0 unspecified atom stereocenters. The molecule has 0 bridgehead atoms. The maximum atomic E-state index is 13.2. The fourth-order valence-electron chi connectivity index (χ4n) is 6.67. The van der Waals surface area contributed by atoms with Gasteiger partial charge in [-0.2, -0.15) is 0 Å². The van der Waals surface area contributed by atoms with E-state index in [1.54, 1.807) is 6.20 Å². The van der Waals surface area contributed by atoms with E-state index in [9.17, 15) is 4.21 Å². The van der Waals surface area contributed by atoms with Gasteiger partial charge in [-0.15, -0.1) is 0 Å². The van der Waals surface area contributed by atoms with E-state index in [1.165, 1.54) is 28.5 Å². The summed E-state index contributed by atoms with van der Waals surface area (Å²) < 4.78 is 16.4. The Morgan fingerprint density at radius 3 is 2.61 bits per heavy atom. The van der Waals surface area contributed by atoms with Crippen molar-refractivity contribution in [2.45, 2.75) is 72.6 Å². The lowest BCUT2D eigenvalue weighted by Gasteiger charge is -2.46. The van der Waals surface area contributed by atoms with Gasteiger partial charge in [0.1, 0.15) is 27.6 Å². The van der Waals surface area contributed by atoms with E-state index in [2.05, 4.69) is 46.7 Å². The molecule has 198 valence electrons. The van der Waals surface area contributed by atoms with Crippen molar-refractivity contribution in [3.63, 3.8) is 0 Å². The van der Waals surface area contributed by atoms with Gasteiger partial charge in [0.05, 0.1) is 17.0 Å². The second-order valence-corrected chi connectivity index (χ2v) is 14.5. The number of piperidine rings is 1. The Balaban J connectivity index is 1.09. The lowest BCUT2D eigenvalue weighted by molar-refractivity contribution is 0.175. The van der Waals surface area contributed by atoms with Crippen molar-refractivity contribution in [2.24, 2.45) is 5.41 Å². The number of nitrogens with one attached hydrogen (secondary N) is 1. The summed E-state index contributed by atoms with van der Waals surface area (Å²) in [6.45, 7) is 5.89. The zero-order valence-corrected chi connectivity index (χ0v) is 23.4. The molecule has 2 aliphatic carbocycles. The number of nitrogen functional groups attached to an aromatic ring is 2. The molecule has 1 spiro atoms. The molecule has 1 saturated carbocycles. The molecule has 2 aromatic heterocycles. The molecule has 2 fully saturated rings. The van der Waals surface area contributed by atoms with Gasteiger partial charge in [-0.05, 0) is 80.0 Å². The minimum atomic E-state index is -1.12.